The van der Waals surface area contributed by atoms with Gasteiger partial charge < -0.3 is 24.6 Å². The van der Waals surface area contributed by atoms with Crippen molar-refractivity contribution >= 4 is 5.91 Å². The third-order valence-corrected chi connectivity index (χ3v) is 8.55. The van der Waals surface area contributed by atoms with Crippen LogP contribution in [0.4, 0.5) is 0 Å². The summed E-state index contributed by atoms with van der Waals surface area (Å²) >= 11 is 0. The van der Waals surface area contributed by atoms with Crippen LogP contribution >= 0.6 is 0 Å². The van der Waals surface area contributed by atoms with E-state index in [0.29, 0.717) is 13.1 Å². The monoisotopic (exact) mass is 445 g/mol. The summed E-state index contributed by atoms with van der Waals surface area (Å²) in [6.07, 6.45) is 8.47. The van der Waals surface area contributed by atoms with Gasteiger partial charge in [-0.05, 0) is 55.7 Å². The van der Waals surface area contributed by atoms with E-state index in [2.05, 4.69) is 0 Å². The van der Waals surface area contributed by atoms with Crippen LogP contribution in [0.25, 0.3) is 0 Å². The molecule has 1 aliphatic heterocycles. The molecule has 0 bridgehead atoms. The Morgan fingerprint density at radius 3 is 2.62 bits per heavy atom. The zero-order valence-electron chi connectivity index (χ0n) is 19.8. The lowest BCUT2D eigenvalue weighted by atomic mass is 9.70. The smallest absolute Gasteiger partial charge is 0.248 e. The van der Waals surface area contributed by atoms with Crippen molar-refractivity contribution in [2.24, 2.45) is 17.3 Å². The van der Waals surface area contributed by atoms with Crippen molar-refractivity contribution in [3.05, 3.63) is 23.8 Å². The van der Waals surface area contributed by atoms with E-state index in [0.717, 1.165) is 41.7 Å². The standard InChI is InChI=1S/C26H39NO5/c1-17(29)26(2)16-27(25(30)15-28)14-22(26)20-9-11-23(31-3)24(13-20)32-21-10-8-18-6-4-5-7-19(18)12-21/h9,11,13,17-19,21-22,28-29H,4-8,10,12,14-16H2,1-3H3/t17-,18?,19?,21?,22?,26?/m0/s1. The summed E-state index contributed by atoms with van der Waals surface area (Å²) in [6.45, 7) is 4.18. The molecule has 2 saturated carbocycles. The Kier molecular flexibility index (Phi) is 7.01. The fourth-order valence-corrected chi connectivity index (χ4v) is 6.33. The molecule has 3 fully saturated rings. The first-order valence-electron chi connectivity index (χ1n) is 12.3. The van der Waals surface area contributed by atoms with Crippen LogP contribution in [0, 0.1) is 17.3 Å². The molecule has 4 rings (SSSR count). The Morgan fingerprint density at radius 1 is 1.19 bits per heavy atom. The van der Waals surface area contributed by atoms with Gasteiger partial charge in [0.25, 0.3) is 0 Å². The van der Waals surface area contributed by atoms with Crippen molar-refractivity contribution in [2.45, 2.75) is 76.9 Å². The van der Waals surface area contributed by atoms with Crippen molar-refractivity contribution < 1.29 is 24.5 Å². The number of carbonyl (C=O) groups excluding carboxylic acids is 1. The molecule has 2 N–H and O–H groups in total. The molecule has 6 atom stereocenters. The largest absolute Gasteiger partial charge is 0.493 e. The molecule has 0 radical (unpaired) electrons. The van der Waals surface area contributed by atoms with Crippen LogP contribution in [0.5, 0.6) is 11.5 Å². The minimum Gasteiger partial charge on any atom is -0.493 e. The Morgan fingerprint density at radius 2 is 1.94 bits per heavy atom. The molecule has 0 spiro atoms. The Labute approximate surface area is 191 Å². The van der Waals surface area contributed by atoms with Gasteiger partial charge in [-0.1, -0.05) is 38.7 Å². The second-order valence-corrected chi connectivity index (χ2v) is 10.4. The molecule has 178 valence electrons. The summed E-state index contributed by atoms with van der Waals surface area (Å²) in [4.78, 5) is 13.9. The van der Waals surface area contributed by atoms with E-state index in [9.17, 15) is 15.0 Å². The van der Waals surface area contributed by atoms with Gasteiger partial charge in [-0.15, -0.1) is 0 Å². The van der Waals surface area contributed by atoms with Gasteiger partial charge in [0.1, 0.15) is 6.61 Å². The number of amides is 1. The van der Waals surface area contributed by atoms with Crippen molar-refractivity contribution in [1.82, 2.24) is 4.90 Å². The van der Waals surface area contributed by atoms with E-state index < -0.39 is 18.1 Å². The number of methoxy groups -OCH3 is 1. The van der Waals surface area contributed by atoms with Crippen LogP contribution < -0.4 is 9.47 Å². The molecule has 1 saturated heterocycles. The van der Waals surface area contributed by atoms with Gasteiger partial charge in [-0.2, -0.15) is 0 Å². The fraction of sp³-hybridized carbons (Fsp3) is 0.731. The van der Waals surface area contributed by atoms with Crippen molar-refractivity contribution in [3.63, 3.8) is 0 Å². The van der Waals surface area contributed by atoms with Crippen molar-refractivity contribution in [1.29, 1.82) is 0 Å². The van der Waals surface area contributed by atoms with Gasteiger partial charge in [-0.3, -0.25) is 4.79 Å². The molecular formula is C26H39NO5. The molecule has 1 heterocycles. The molecule has 1 aromatic carbocycles. The number of aliphatic hydroxyl groups excluding tert-OH is 2. The quantitative estimate of drug-likeness (QED) is 0.697. The number of nitrogens with zero attached hydrogens (tertiary/aromatic N) is 1. The first kappa shape index (κ1) is 23.4. The number of carbonyl (C=O) groups is 1. The summed E-state index contributed by atoms with van der Waals surface area (Å²) in [6, 6.07) is 6.00. The zero-order chi connectivity index (χ0) is 22.9. The van der Waals surface area contributed by atoms with E-state index in [-0.39, 0.29) is 17.9 Å². The number of likely N-dealkylation sites (tertiary alicyclic amines) is 1. The summed E-state index contributed by atoms with van der Waals surface area (Å²) < 4.78 is 12.2. The molecule has 3 aliphatic rings. The SMILES string of the molecule is COc1ccc(C2CN(C(=O)CO)CC2(C)[C@H](C)O)cc1OC1CCC2CCCCC2C1. The minimum atomic E-state index is -0.600. The first-order valence-corrected chi connectivity index (χ1v) is 12.3. The summed E-state index contributed by atoms with van der Waals surface area (Å²) in [7, 11) is 1.66. The maximum Gasteiger partial charge on any atom is 0.248 e. The summed E-state index contributed by atoms with van der Waals surface area (Å²) in [5.74, 6) is 2.78. The molecule has 1 amide bonds. The van der Waals surface area contributed by atoms with Gasteiger partial charge >= 0.3 is 0 Å². The molecule has 0 aromatic heterocycles. The molecule has 32 heavy (non-hydrogen) atoms. The second kappa shape index (κ2) is 9.60. The Hall–Kier alpha value is -1.79. The van der Waals surface area contributed by atoms with Crippen LogP contribution in [0.2, 0.25) is 0 Å². The first-order chi connectivity index (χ1) is 15.4. The molecule has 1 aromatic rings. The van der Waals surface area contributed by atoms with Crippen LogP contribution in [0.15, 0.2) is 18.2 Å². The van der Waals surface area contributed by atoms with E-state index >= 15 is 0 Å². The van der Waals surface area contributed by atoms with Crippen LogP contribution in [0.1, 0.15) is 70.3 Å². The van der Waals surface area contributed by atoms with Crippen LogP contribution in [-0.2, 0) is 4.79 Å². The zero-order valence-corrected chi connectivity index (χ0v) is 19.8. The van der Waals surface area contributed by atoms with Crippen molar-refractivity contribution in [2.75, 3.05) is 26.8 Å². The summed E-state index contributed by atoms with van der Waals surface area (Å²) in [5.41, 5.74) is 0.528. The van der Waals surface area contributed by atoms with E-state index in [1.54, 1.807) is 18.9 Å². The Balaban J connectivity index is 1.56. The lowest BCUT2D eigenvalue weighted by molar-refractivity contribution is -0.133. The number of rotatable bonds is 6. The molecule has 6 heteroatoms. The predicted octanol–water partition coefficient (Wildman–Crippen LogP) is 3.74. The number of ether oxygens (including phenoxy) is 2. The topological polar surface area (TPSA) is 79.2 Å². The van der Waals surface area contributed by atoms with Crippen LogP contribution in [-0.4, -0.2) is 60.0 Å². The third kappa shape index (κ3) is 4.49. The number of fused-ring (bicyclic) bond motifs is 1. The van der Waals surface area contributed by atoms with Gasteiger partial charge in [-0.25, -0.2) is 0 Å². The number of aliphatic hydroxyl groups is 2. The Bertz CT molecular complexity index is 811. The second-order valence-electron chi connectivity index (χ2n) is 10.4. The minimum absolute atomic E-state index is 0.0552. The maximum atomic E-state index is 12.2. The predicted molar refractivity (Wildman–Crippen MR) is 123 cm³/mol. The normalized spacial score (nSPS) is 33.5. The lowest BCUT2D eigenvalue weighted by Crippen LogP contribution is -2.38. The highest BCUT2D eigenvalue weighted by molar-refractivity contribution is 5.77. The van der Waals surface area contributed by atoms with E-state index in [1.807, 2.05) is 25.1 Å². The lowest BCUT2D eigenvalue weighted by Gasteiger charge is -2.39. The molecule has 5 unspecified atom stereocenters. The highest BCUT2D eigenvalue weighted by Gasteiger charge is 2.48. The number of benzene rings is 1. The van der Waals surface area contributed by atoms with Gasteiger partial charge in [0.05, 0.1) is 19.3 Å². The molecule has 2 aliphatic carbocycles. The average molecular weight is 446 g/mol. The molecular weight excluding hydrogens is 406 g/mol. The maximum absolute atomic E-state index is 12.2. The number of hydrogen-bond acceptors (Lipinski definition) is 5. The highest BCUT2D eigenvalue weighted by Crippen LogP contribution is 2.47. The highest BCUT2D eigenvalue weighted by atomic mass is 16.5. The fourth-order valence-electron chi connectivity index (χ4n) is 6.33. The van der Waals surface area contributed by atoms with Crippen LogP contribution in [0.3, 0.4) is 0 Å². The third-order valence-electron chi connectivity index (χ3n) is 8.55. The van der Waals surface area contributed by atoms with Gasteiger partial charge in [0.15, 0.2) is 11.5 Å². The average Bonchev–Trinajstić information content (AvgIpc) is 3.17. The number of hydrogen-bond donors (Lipinski definition) is 2. The van der Waals surface area contributed by atoms with E-state index in [4.69, 9.17) is 9.47 Å². The van der Waals surface area contributed by atoms with Crippen molar-refractivity contribution in [3.8, 4) is 11.5 Å². The van der Waals surface area contributed by atoms with Gasteiger partial charge in [0.2, 0.25) is 5.91 Å². The molecule has 6 nitrogen and oxygen atoms in total. The van der Waals surface area contributed by atoms with Gasteiger partial charge in [0, 0.05) is 24.4 Å². The summed E-state index contributed by atoms with van der Waals surface area (Å²) in [5, 5.41) is 19.9. The van der Waals surface area contributed by atoms with E-state index in [1.165, 1.54) is 32.1 Å².